The van der Waals surface area contributed by atoms with Crippen LogP contribution in [0.5, 0.6) is 0 Å². The van der Waals surface area contributed by atoms with Crippen LogP contribution in [-0.2, 0) is 14.3 Å². The molecule has 1 unspecified atom stereocenters. The summed E-state index contributed by atoms with van der Waals surface area (Å²) < 4.78 is 32.5. The number of nitrogens with zero attached hydrogens (tertiary/aromatic N) is 1. The van der Waals surface area contributed by atoms with Gasteiger partial charge in [0, 0.05) is 18.5 Å². The van der Waals surface area contributed by atoms with Gasteiger partial charge in [0.15, 0.2) is 0 Å². The summed E-state index contributed by atoms with van der Waals surface area (Å²) in [7, 11) is 0. The van der Waals surface area contributed by atoms with Crippen LogP contribution in [0.25, 0.3) is 11.1 Å². The Kier molecular flexibility index (Phi) is 7.09. The van der Waals surface area contributed by atoms with E-state index in [4.69, 9.17) is 9.84 Å². The molecule has 2 aromatic rings. The van der Waals surface area contributed by atoms with Crippen molar-refractivity contribution in [1.82, 2.24) is 10.2 Å². The first-order valence-corrected chi connectivity index (χ1v) is 11.3. The number of hydrogen-bond donors (Lipinski definition) is 2. The molecule has 2 N–H and O–H groups in total. The highest BCUT2D eigenvalue weighted by molar-refractivity contribution is 5.80. The molecule has 9 heteroatoms. The predicted molar refractivity (Wildman–Crippen MR) is 120 cm³/mol. The quantitative estimate of drug-likeness (QED) is 0.545. The highest BCUT2D eigenvalue weighted by atomic mass is 19.3. The van der Waals surface area contributed by atoms with Gasteiger partial charge in [-0.05, 0) is 35.1 Å². The number of alkyl carbamates (subject to hydrolysis) is 1. The number of carboxylic acids is 1. The molecule has 34 heavy (non-hydrogen) atoms. The van der Waals surface area contributed by atoms with Crippen LogP contribution in [0.3, 0.4) is 0 Å². The number of halogens is 2. The molecule has 2 amide bonds. The van der Waals surface area contributed by atoms with Gasteiger partial charge in [0.05, 0.1) is 12.8 Å². The summed E-state index contributed by atoms with van der Waals surface area (Å²) in [6.45, 7) is -0.0731. The molecule has 2 aliphatic carbocycles. The molecule has 180 valence electrons. The summed E-state index contributed by atoms with van der Waals surface area (Å²) in [5.41, 5.74) is 4.08. The highest BCUT2D eigenvalue weighted by Crippen LogP contribution is 2.44. The third-order valence-electron chi connectivity index (χ3n) is 6.22. The fraction of sp³-hybridized carbons (Fsp3) is 0.400. The Morgan fingerprint density at radius 1 is 1.03 bits per heavy atom. The van der Waals surface area contributed by atoms with Gasteiger partial charge in [-0.25, -0.2) is 13.6 Å². The van der Waals surface area contributed by atoms with E-state index in [1.165, 1.54) is 4.90 Å². The van der Waals surface area contributed by atoms with Crippen molar-refractivity contribution in [3.05, 3.63) is 59.7 Å². The summed E-state index contributed by atoms with van der Waals surface area (Å²) >= 11 is 0. The van der Waals surface area contributed by atoms with Crippen LogP contribution in [0, 0.1) is 0 Å². The van der Waals surface area contributed by atoms with Crippen molar-refractivity contribution in [2.75, 3.05) is 13.2 Å². The molecule has 0 spiro atoms. The minimum atomic E-state index is -2.98. The Bertz CT molecular complexity index is 1030. The van der Waals surface area contributed by atoms with Crippen LogP contribution in [0.2, 0.25) is 0 Å². The molecule has 0 aliphatic heterocycles. The van der Waals surface area contributed by atoms with E-state index >= 15 is 0 Å². The van der Waals surface area contributed by atoms with Crippen LogP contribution in [0.4, 0.5) is 13.6 Å². The average molecular weight is 472 g/mol. The van der Waals surface area contributed by atoms with E-state index in [0.717, 1.165) is 22.3 Å². The second-order valence-electron chi connectivity index (χ2n) is 8.58. The second-order valence-corrected chi connectivity index (χ2v) is 8.58. The van der Waals surface area contributed by atoms with Crippen molar-refractivity contribution in [3.8, 4) is 11.1 Å². The second kappa shape index (κ2) is 10.2. The largest absolute Gasteiger partial charge is 0.481 e. The molecule has 1 atom stereocenters. The molecule has 0 aromatic heterocycles. The number of alkyl halides is 2. The van der Waals surface area contributed by atoms with Gasteiger partial charge in [0.1, 0.15) is 12.6 Å². The van der Waals surface area contributed by atoms with E-state index in [2.05, 4.69) is 5.32 Å². The van der Waals surface area contributed by atoms with E-state index in [0.29, 0.717) is 12.8 Å². The van der Waals surface area contributed by atoms with E-state index in [-0.39, 0.29) is 31.5 Å². The average Bonchev–Trinajstić information content (AvgIpc) is 3.59. The van der Waals surface area contributed by atoms with Crippen molar-refractivity contribution in [1.29, 1.82) is 0 Å². The number of fused-ring (bicyclic) bond motifs is 3. The Hall–Kier alpha value is -3.49. The van der Waals surface area contributed by atoms with Gasteiger partial charge in [-0.1, -0.05) is 48.5 Å². The molecular weight excluding hydrogens is 446 g/mol. The Morgan fingerprint density at radius 2 is 1.62 bits per heavy atom. The van der Waals surface area contributed by atoms with E-state index < -0.39 is 36.9 Å². The van der Waals surface area contributed by atoms with Gasteiger partial charge in [-0.15, -0.1) is 0 Å². The smallest absolute Gasteiger partial charge is 0.407 e. The minimum absolute atomic E-state index is 0.0312. The van der Waals surface area contributed by atoms with Gasteiger partial charge >= 0.3 is 12.1 Å². The van der Waals surface area contributed by atoms with Gasteiger partial charge < -0.3 is 20.1 Å². The number of aliphatic carboxylic acids is 1. The SMILES string of the molecule is O=C(O)CCN(C(=O)CC(NC(=O)OCC1c2ccccc2-c2ccccc21)C(F)F)C1CC1. The summed E-state index contributed by atoms with van der Waals surface area (Å²) in [5.74, 6) is -1.89. The van der Waals surface area contributed by atoms with Crippen molar-refractivity contribution in [3.63, 3.8) is 0 Å². The van der Waals surface area contributed by atoms with E-state index in [1.807, 2.05) is 48.5 Å². The van der Waals surface area contributed by atoms with Crippen LogP contribution >= 0.6 is 0 Å². The molecular formula is C25H26F2N2O5. The number of rotatable bonds is 10. The number of carboxylic acid groups (broad SMARTS) is 1. The zero-order valence-corrected chi connectivity index (χ0v) is 18.5. The number of hydrogen-bond acceptors (Lipinski definition) is 4. The molecule has 0 heterocycles. The fourth-order valence-corrected chi connectivity index (χ4v) is 4.41. The standard InChI is InChI=1S/C25H26F2N2O5/c26-24(27)21(13-22(30)29(15-9-10-15)12-11-23(31)32)28-25(33)34-14-20-18-7-3-1-5-16(18)17-6-2-4-8-19(17)20/h1-8,15,20-21,24H,9-14H2,(H,28,33)(H,31,32). The minimum Gasteiger partial charge on any atom is -0.481 e. The monoisotopic (exact) mass is 472 g/mol. The van der Waals surface area contributed by atoms with Gasteiger partial charge in [0.25, 0.3) is 6.43 Å². The lowest BCUT2D eigenvalue weighted by Crippen LogP contribution is -2.45. The number of ether oxygens (including phenoxy) is 1. The fourth-order valence-electron chi connectivity index (χ4n) is 4.41. The third kappa shape index (κ3) is 5.35. The maximum Gasteiger partial charge on any atom is 0.407 e. The molecule has 0 bridgehead atoms. The number of amides is 2. The highest BCUT2D eigenvalue weighted by Gasteiger charge is 2.36. The molecule has 7 nitrogen and oxygen atoms in total. The summed E-state index contributed by atoms with van der Waals surface area (Å²) in [4.78, 5) is 37.1. The van der Waals surface area contributed by atoms with E-state index in [1.54, 1.807) is 0 Å². The lowest BCUT2D eigenvalue weighted by Gasteiger charge is -2.25. The Labute approximate surface area is 195 Å². The van der Waals surface area contributed by atoms with Gasteiger partial charge in [0.2, 0.25) is 5.91 Å². The van der Waals surface area contributed by atoms with Crippen molar-refractivity contribution in [2.45, 2.75) is 50.1 Å². The third-order valence-corrected chi connectivity index (χ3v) is 6.22. The van der Waals surface area contributed by atoms with Crippen molar-refractivity contribution < 1.29 is 33.0 Å². The normalized spacial score (nSPS) is 15.4. The molecule has 0 saturated heterocycles. The molecule has 2 aromatic carbocycles. The number of carbonyl (C=O) groups excluding carboxylic acids is 2. The predicted octanol–water partition coefficient (Wildman–Crippen LogP) is 4.01. The maximum atomic E-state index is 13.6. The van der Waals surface area contributed by atoms with Crippen molar-refractivity contribution >= 4 is 18.0 Å². The Morgan fingerprint density at radius 3 is 2.15 bits per heavy atom. The van der Waals surface area contributed by atoms with Gasteiger partial charge in [-0.2, -0.15) is 0 Å². The molecule has 1 saturated carbocycles. The topological polar surface area (TPSA) is 95.9 Å². The molecule has 2 aliphatic rings. The number of carbonyl (C=O) groups is 3. The lowest BCUT2D eigenvalue weighted by atomic mass is 9.98. The zero-order chi connectivity index (χ0) is 24.2. The molecule has 0 radical (unpaired) electrons. The summed E-state index contributed by atoms with van der Waals surface area (Å²) in [6.07, 6.45) is -3.47. The van der Waals surface area contributed by atoms with Crippen molar-refractivity contribution in [2.24, 2.45) is 0 Å². The van der Waals surface area contributed by atoms with Crippen LogP contribution in [0.15, 0.2) is 48.5 Å². The molecule has 4 rings (SSSR count). The Balaban J connectivity index is 1.36. The molecule has 1 fully saturated rings. The first-order chi connectivity index (χ1) is 16.3. The van der Waals surface area contributed by atoms with Crippen LogP contribution in [-0.4, -0.2) is 59.6 Å². The summed E-state index contributed by atoms with van der Waals surface area (Å²) in [5, 5.41) is 11.0. The van der Waals surface area contributed by atoms with Gasteiger partial charge in [-0.3, -0.25) is 9.59 Å². The van der Waals surface area contributed by atoms with Crippen LogP contribution < -0.4 is 5.32 Å². The first-order valence-electron chi connectivity index (χ1n) is 11.3. The van der Waals surface area contributed by atoms with E-state index in [9.17, 15) is 23.2 Å². The maximum absolute atomic E-state index is 13.6. The number of nitrogens with one attached hydrogen (secondary N) is 1. The van der Waals surface area contributed by atoms with Crippen LogP contribution in [0.1, 0.15) is 42.7 Å². The lowest BCUT2D eigenvalue weighted by molar-refractivity contribution is -0.139. The first kappa shape index (κ1) is 23.7. The summed E-state index contributed by atoms with van der Waals surface area (Å²) in [6, 6.07) is 13.7. The number of benzene rings is 2. The zero-order valence-electron chi connectivity index (χ0n) is 18.5.